The van der Waals surface area contributed by atoms with Crippen LogP contribution in [0.2, 0.25) is 0 Å². The Morgan fingerprint density at radius 3 is 1.56 bits per heavy atom. The van der Waals surface area contributed by atoms with Gasteiger partial charge in [0.1, 0.15) is 11.5 Å². The van der Waals surface area contributed by atoms with E-state index in [0.717, 1.165) is 22.6 Å². The number of benzene rings is 2. The summed E-state index contributed by atoms with van der Waals surface area (Å²) in [5.41, 5.74) is 2.31. The molecule has 4 rings (SSSR count). The summed E-state index contributed by atoms with van der Waals surface area (Å²) < 4.78 is 11.9. The Bertz CT molecular complexity index is 511. The van der Waals surface area contributed by atoms with Crippen molar-refractivity contribution in [1.29, 1.82) is 0 Å². The van der Waals surface area contributed by atoms with Gasteiger partial charge < -0.3 is 9.47 Å². The summed E-state index contributed by atoms with van der Waals surface area (Å²) in [4.78, 5) is 0. The SMILES string of the molecule is c1ccc2c(c1)O[C@@H]1c3ccccc3O[C@H]21. The molecule has 2 nitrogen and oxygen atoms in total. The fraction of sp³-hybridized carbons (Fsp3) is 0.143. The molecule has 0 saturated heterocycles. The molecule has 0 unspecified atom stereocenters. The summed E-state index contributed by atoms with van der Waals surface area (Å²) in [5.74, 6) is 1.90. The van der Waals surface area contributed by atoms with E-state index < -0.39 is 0 Å². The highest BCUT2D eigenvalue weighted by molar-refractivity contribution is 5.49. The maximum atomic E-state index is 5.93. The molecule has 0 bridgehead atoms. The number of hydrogen-bond donors (Lipinski definition) is 0. The number of hydrogen-bond acceptors (Lipinski definition) is 2. The van der Waals surface area contributed by atoms with E-state index in [1.54, 1.807) is 0 Å². The van der Waals surface area contributed by atoms with Crippen LogP contribution < -0.4 is 9.47 Å². The maximum Gasteiger partial charge on any atom is 0.168 e. The van der Waals surface area contributed by atoms with Crippen LogP contribution in [0.5, 0.6) is 11.5 Å². The topological polar surface area (TPSA) is 18.5 Å². The summed E-state index contributed by atoms with van der Waals surface area (Å²) in [7, 11) is 0. The van der Waals surface area contributed by atoms with E-state index in [4.69, 9.17) is 9.47 Å². The van der Waals surface area contributed by atoms with Gasteiger partial charge in [-0.25, -0.2) is 0 Å². The molecule has 0 amide bonds. The first-order chi connectivity index (χ1) is 7.93. The zero-order chi connectivity index (χ0) is 10.5. The molecule has 2 aliphatic heterocycles. The van der Waals surface area contributed by atoms with Gasteiger partial charge >= 0.3 is 0 Å². The van der Waals surface area contributed by atoms with Crippen molar-refractivity contribution in [1.82, 2.24) is 0 Å². The van der Waals surface area contributed by atoms with Crippen molar-refractivity contribution >= 4 is 0 Å². The summed E-state index contributed by atoms with van der Waals surface area (Å²) >= 11 is 0. The van der Waals surface area contributed by atoms with Crippen molar-refractivity contribution in [2.75, 3.05) is 0 Å². The molecule has 0 spiro atoms. The van der Waals surface area contributed by atoms with Crippen molar-refractivity contribution in [2.45, 2.75) is 12.2 Å². The van der Waals surface area contributed by atoms with Crippen LogP contribution in [0.1, 0.15) is 23.3 Å². The zero-order valence-corrected chi connectivity index (χ0v) is 8.59. The average molecular weight is 210 g/mol. The van der Waals surface area contributed by atoms with Gasteiger partial charge in [-0.15, -0.1) is 0 Å². The van der Waals surface area contributed by atoms with Gasteiger partial charge in [-0.3, -0.25) is 0 Å². The fourth-order valence-electron chi connectivity index (χ4n) is 2.50. The van der Waals surface area contributed by atoms with Crippen LogP contribution in [-0.2, 0) is 0 Å². The van der Waals surface area contributed by atoms with Gasteiger partial charge in [-0.2, -0.15) is 0 Å². The molecule has 0 saturated carbocycles. The van der Waals surface area contributed by atoms with Gasteiger partial charge in [-0.1, -0.05) is 36.4 Å². The molecule has 2 aromatic carbocycles. The van der Waals surface area contributed by atoms with Crippen LogP contribution in [0, 0.1) is 0 Å². The second kappa shape index (κ2) is 2.79. The third-order valence-corrected chi connectivity index (χ3v) is 3.23. The first-order valence-corrected chi connectivity index (χ1v) is 5.45. The first kappa shape index (κ1) is 8.22. The first-order valence-electron chi connectivity index (χ1n) is 5.45. The molecule has 0 fully saturated rings. The number of ether oxygens (including phenoxy) is 2. The summed E-state index contributed by atoms with van der Waals surface area (Å²) in [6.07, 6.45) is 0.0715. The smallest absolute Gasteiger partial charge is 0.168 e. The van der Waals surface area contributed by atoms with Crippen LogP contribution in [0.25, 0.3) is 0 Å². The molecule has 0 N–H and O–H groups in total. The molecule has 2 heterocycles. The maximum absolute atomic E-state index is 5.93. The fourth-order valence-corrected chi connectivity index (χ4v) is 2.50. The summed E-state index contributed by atoms with van der Waals surface area (Å²) in [6, 6.07) is 16.2. The van der Waals surface area contributed by atoms with Gasteiger partial charge in [0.25, 0.3) is 0 Å². The standard InChI is InChI=1S/C14H10O2/c1-3-7-11-9(5-1)13-14(15-11)10-6-2-4-8-12(10)16-13/h1-8,13-14H/t13-,14-/m1/s1. The van der Waals surface area contributed by atoms with E-state index >= 15 is 0 Å². The highest BCUT2D eigenvalue weighted by atomic mass is 16.6. The second-order valence-electron chi connectivity index (χ2n) is 4.15. The molecular weight excluding hydrogens is 200 g/mol. The molecule has 2 heteroatoms. The lowest BCUT2D eigenvalue weighted by atomic mass is 10.0. The summed E-state index contributed by atoms with van der Waals surface area (Å²) in [5, 5.41) is 0. The Balaban J connectivity index is 1.86. The predicted molar refractivity (Wildman–Crippen MR) is 59.6 cm³/mol. The Kier molecular flexibility index (Phi) is 1.43. The normalized spacial score (nSPS) is 24.0. The third kappa shape index (κ3) is 0.915. The Morgan fingerprint density at radius 1 is 0.625 bits per heavy atom. The van der Waals surface area contributed by atoms with Crippen LogP contribution in [0.15, 0.2) is 48.5 Å². The van der Waals surface area contributed by atoms with Crippen LogP contribution in [-0.4, -0.2) is 0 Å². The number of fused-ring (bicyclic) bond motifs is 5. The molecule has 0 aromatic heterocycles. The molecule has 2 atom stereocenters. The lowest BCUT2D eigenvalue weighted by Gasteiger charge is -2.07. The monoisotopic (exact) mass is 210 g/mol. The van der Waals surface area contributed by atoms with E-state index in [-0.39, 0.29) is 12.2 Å². The molecule has 0 aliphatic carbocycles. The lowest BCUT2D eigenvalue weighted by Crippen LogP contribution is -2.05. The third-order valence-electron chi connectivity index (χ3n) is 3.23. The molecule has 2 aromatic rings. The summed E-state index contributed by atoms with van der Waals surface area (Å²) in [6.45, 7) is 0. The number of para-hydroxylation sites is 2. The minimum Gasteiger partial charge on any atom is -0.481 e. The minimum absolute atomic E-state index is 0.0357. The van der Waals surface area contributed by atoms with Crippen molar-refractivity contribution < 1.29 is 9.47 Å². The van der Waals surface area contributed by atoms with E-state index in [2.05, 4.69) is 12.1 Å². The second-order valence-corrected chi connectivity index (χ2v) is 4.15. The van der Waals surface area contributed by atoms with Gasteiger partial charge in [0.05, 0.1) is 0 Å². The van der Waals surface area contributed by atoms with E-state index in [9.17, 15) is 0 Å². The molecular formula is C14H10O2. The highest BCUT2D eigenvalue weighted by Crippen LogP contribution is 2.53. The van der Waals surface area contributed by atoms with Crippen molar-refractivity contribution in [3.63, 3.8) is 0 Å². The number of rotatable bonds is 0. The van der Waals surface area contributed by atoms with Crippen LogP contribution in [0.4, 0.5) is 0 Å². The van der Waals surface area contributed by atoms with Gasteiger partial charge in [0.2, 0.25) is 0 Å². The van der Waals surface area contributed by atoms with Crippen molar-refractivity contribution in [3.05, 3.63) is 59.7 Å². The highest BCUT2D eigenvalue weighted by Gasteiger charge is 2.43. The van der Waals surface area contributed by atoms with Gasteiger partial charge in [-0.05, 0) is 12.1 Å². The lowest BCUT2D eigenvalue weighted by molar-refractivity contribution is 0.123. The van der Waals surface area contributed by atoms with Crippen molar-refractivity contribution in [2.24, 2.45) is 0 Å². The predicted octanol–water partition coefficient (Wildman–Crippen LogP) is 3.25. The quantitative estimate of drug-likeness (QED) is 0.664. The van der Waals surface area contributed by atoms with Gasteiger partial charge in [0, 0.05) is 11.1 Å². The Morgan fingerprint density at radius 2 is 1.06 bits per heavy atom. The van der Waals surface area contributed by atoms with Crippen molar-refractivity contribution in [3.8, 4) is 11.5 Å². The Labute approximate surface area is 93.4 Å². The minimum atomic E-state index is 0.0357. The molecule has 0 radical (unpaired) electrons. The van der Waals surface area contributed by atoms with Crippen LogP contribution >= 0.6 is 0 Å². The van der Waals surface area contributed by atoms with E-state index in [0.29, 0.717) is 0 Å². The average Bonchev–Trinajstić information content (AvgIpc) is 2.85. The molecule has 2 aliphatic rings. The molecule has 16 heavy (non-hydrogen) atoms. The largest absolute Gasteiger partial charge is 0.481 e. The Hall–Kier alpha value is -1.96. The van der Waals surface area contributed by atoms with E-state index in [1.165, 1.54) is 0 Å². The van der Waals surface area contributed by atoms with Crippen LogP contribution in [0.3, 0.4) is 0 Å². The van der Waals surface area contributed by atoms with E-state index in [1.807, 2.05) is 36.4 Å². The molecule has 78 valence electrons. The zero-order valence-electron chi connectivity index (χ0n) is 8.59. The van der Waals surface area contributed by atoms with Gasteiger partial charge in [0.15, 0.2) is 12.2 Å².